The Hall–Kier alpha value is -3.15. The van der Waals surface area contributed by atoms with E-state index in [1.54, 1.807) is 0 Å². The first-order valence-electron chi connectivity index (χ1n) is 9.50. The van der Waals surface area contributed by atoms with Gasteiger partial charge in [-0.2, -0.15) is 22.0 Å². The zero-order chi connectivity index (χ0) is 23.5. The fourth-order valence-corrected chi connectivity index (χ4v) is 3.13. The van der Waals surface area contributed by atoms with Gasteiger partial charge in [0, 0.05) is 12.1 Å². The van der Waals surface area contributed by atoms with Crippen LogP contribution in [0.3, 0.4) is 0 Å². The quantitative estimate of drug-likeness (QED) is 0.392. The lowest BCUT2D eigenvalue weighted by molar-refractivity contribution is -0.137. The van der Waals surface area contributed by atoms with Gasteiger partial charge in [0.15, 0.2) is 0 Å². The molecule has 3 rings (SSSR count). The monoisotopic (exact) mass is 460 g/mol. The van der Waals surface area contributed by atoms with Crippen molar-refractivity contribution in [2.24, 2.45) is 0 Å². The molecule has 0 atom stereocenters. The van der Waals surface area contributed by atoms with E-state index in [9.17, 15) is 31.1 Å². The Balaban J connectivity index is 1.81. The molecule has 0 aliphatic carbocycles. The number of alkyl halides is 5. The smallest absolute Gasteiger partial charge is 0.383 e. The average Bonchev–Trinajstić information content (AvgIpc) is 2.71. The minimum atomic E-state index is -4.69. The number of nitrogens with zero attached hydrogens (tertiary/aromatic N) is 3. The van der Waals surface area contributed by atoms with Crippen LogP contribution in [0.25, 0.3) is 22.2 Å². The third kappa shape index (κ3) is 5.36. The van der Waals surface area contributed by atoms with Crippen molar-refractivity contribution < 1.29 is 31.1 Å². The maximum Gasteiger partial charge on any atom is 0.419 e. The number of anilines is 1. The summed E-state index contributed by atoms with van der Waals surface area (Å²) in [6, 6.07) is 3.86. The molecular weight excluding hydrogens is 442 g/mol. The number of unbranched alkanes of at least 4 members (excludes halogenated alkanes) is 2. The zero-order valence-electron chi connectivity index (χ0n) is 16.5. The minimum Gasteiger partial charge on any atom is -0.383 e. The predicted octanol–water partition coefficient (Wildman–Crippen LogP) is 4.61. The highest BCUT2D eigenvalue weighted by Gasteiger charge is 2.33. The van der Waals surface area contributed by atoms with Crippen molar-refractivity contribution in [1.82, 2.24) is 14.5 Å². The Bertz CT molecular complexity index is 1160. The highest BCUT2D eigenvalue weighted by molar-refractivity contribution is 5.83. The van der Waals surface area contributed by atoms with Crippen molar-refractivity contribution in [3.8, 4) is 11.3 Å². The third-order valence-corrected chi connectivity index (χ3v) is 4.71. The predicted molar refractivity (Wildman–Crippen MR) is 104 cm³/mol. The first-order valence-corrected chi connectivity index (χ1v) is 9.50. The van der Waals surface area contributed by atoms with Crippen LogP contribution < -0.4 is 11.3 Å². The van der Waals surface area contributed by atoms with Gasteiger partial charge in [-0.15, -0.1) is 0 Å². The van der Waals surface area contributed by atoms with Crippen LogP contribution in [0.2, 0.25) is 0 Å². The van der Waals surface area contributed by atoms with Crippen LogP contribution in [0, 0.1) is 5.82 Å². The number of nitrogens with two attached hydrogens (primary N) is 1. The lowest BCUT2D eigenvalue weighted by atomic mass is 10.1. The van der Waals surface area contributed by atoms with Crippen LogP contribution in [-0.2, 0) is 17.5 Å². The van der Waals surface area contributed by atoms with E-state index in [1.165, 1.54) is 17.0 Å². The second-order valence-electron chi connectivity index (χ2n) is 6.91. The minimum absolute atomic E-state index is 0.0188. The van der Waals surface area contributed by atoms with E-state index in [4.69, 9.17) is 5.73 Å². The molecule has 0 radical (unpaired) electrons. The summed E-state index contributed by atoms with van der Waals surface area (Å²) in [5.41, 5.74) is 3.58. The first-order chi connectivity index (χ1) is 15.1. The molecule has 1 aromatic carbocycles. The van der Waals surface area contributed by atoms with Gasteiger partial charge in [0.2, 0.25) is 0 Å². The summed E-state index contributed by atoms with van der Waals surface area (Å²) >= 11 is 0. The van der Waals surface area contributed by atoms with Gasteiger partial charge in [-0.25, -0.2) is 14.4 Å². The third-order valence-electron chi connectivity index (χ3n) is 4.71. The standard InChI is InChI=1S/C20H18F6N4O2/c21-14-8-12-16(9-11(14)15-5-4-13(17(27)29-15)20(24,25)26)28-10-30(18(12)31)6-2-1-3-7-32-19(22)23/h4-5,8-10,19H,1-3,6-7H2,(H2,27,29). The summed E-state index contributed by atoms with van der Waals surface area (Å²) in [4.78, 5) is 20.4. The zero-order valence-corrected chi connectivity index (χ0v) is 16.5. The van der Waals surface area contributed by atoms with E-state index in [1.807, 2.05) is 0 Å². The summed E-state index contributed by atoms with van der Waals surface area (Å²) in [5, 5.41) is -0.0188. The number of nitrogen functional groups attached to an aromatic ring is 1. The van der Waals surface area contributed by atoms with Crippen LogP contribution >= 0.6 is 0 Å². The fraction of sp³-hybridized carbons (Fsp3) is 0.350. The SMILES string of the molecule is Nc1nc(-c2cc3ncn(CCCCCOC(F)F)c(=O)c3cc2F)ccc1C(F)(F)F. The Kier molecular flexibility index (Phi) is 7.02. The number of hydrogen-bond donors (Lipinski definition) is 1. The second-order valence-corrected chi connectivity index (χ2v) is 6.91. The second kappa shape index (κ2) is 9.55. The van der Waals surface area contributed by atoms with Crippen LogP contribution in [-0.4, -0.2) is 27.8 Å². The Morgan fingerprint density at radius 2 is 1.88 bits per heavy atom. The van der Waals surface area contributed by atoms with Gasteiger partial charge < -0.3 is 10.5 Å². The van der Waals surface area contributed by atoms with E-state index >= 15 is 0 Å². The van der Waals surface area contributed by atoms with Gasteiger partial charge in [-0.05, 0) is 43.5 Å². The summed E-state index contributed by atoms with van der Waals surface area (Å²) in [6.07, 6.45) is -2.02. The van der Waals surface area contributed by atoms with Crippen LogP contribution in [0.4, 0.5) is 32.2 Å². The average molecular weight is 460 g/mol. The molecule has 2 heterocycles. The summed E-state index contributed by atoms with van der Waals surface area (Å²) < 4.78 is 82.5. The van der Waals surface area contributed by atoms with Gasteiger partial charge in [-0.3, -0.25) is 9.36 Å². The van der Waals surface area contributed by atoms with E-state index in [-0.39, 0.29) is 35.3 Å². The molecule has 0 bridgehead atoms. The summed E-state index contributed by atoms with van der Waals surface area (Å²) in [5.74, 6) is -1.67. The molecular formula is C20H18F6N4O2. The molecule has 2 N–H and O–H groups in total. The highest BCUT2D eigenvalue weighted by atomic mass is 19.4. The lowest BCUT2D eigenvalue weighted by Gasteiger charge is -2.12. The van der Waals surface area contributed by atoms with E-state index in [0.717, 1.165) is 12.1 Å². The largest absolute Gasteiger partial charge is 0.419 e. The molecule has 0 fully saturated rings. The molecule has 0 aliphatic heterocycles. The number of fused-ring (bicyclic) bond motifs is 1. The topological polar surface area (TPSA) is 83.0 Å². The van der Waals surface area contributed by atoms with Crippen LogP contribution in [0.15, 0.2) is 35.4 Å². The number of benzene rings is 1. The van der Waals surface area contributed by atoms with Crippen molar-refractivity contribution in [3.63, 3.8) is 0 Å². The molecule has 0 aliphatic rings. The molecule has 0 spiro atoms. The molecule has 3 aromatic rings. The van der Waals surface area contributed by atoms with Crippen molar-refractivity contribution in [2.75, 3.05) is 12.3 Å². The van der Waals surface area contributed by atoms with E-state index < -0.39 is 35.5 Å². The highest BCUT2D eigenvalue weighted by Crippen LogP contribution is 2.34. The van der Waals surface area contributed by atoms with Crippen molar-refractivity contribution in [3.05, 3.63) is 52.3 Å². The van der Waals surface area contributed by atoms with Crippen LogP contribution in [0.5, 0.6) is 0 Å². The van der Waals surface area contributed by atoms with Gasteiger partial charge in [0.25, 0.3) is 5.56 Å². The van der Waals surface area contributed by atoms with E-state index in [2.05, 4.69) is 14.7 Å². The molecule has 0 saturated heterocycles. The molecule has 0 saturated carbocycles. The molecule has 32 heavy (non-hydrogen) atoms. The number of aromatic nitrogens is 3. The van der Waals surface area contributed by atoms with Gasteiger partial charge in [0.1, 0.15) is 11.6 Å². The first kappa shape index (κ1) is 23.5. The fourth-order valence-electron chi connectivity index (χ4n) is 3.13. The van der Waals surface area contributed by atoms with Gasteiger partial charge >= 0.3 is 12.8 Å². The molecule has 172 valence electrons. The number of pyridine rings is 1. The van der Waals surface area contributed by atoms with Crippen molar-refractivity contribution in [1.29, 1.82) is 0 Å². The Morgan fingerprint density at radius 1 is 1.12 bits per heavy atom. The van der Waals surface area contributed by atoms with Gasteiger partial charge in [0.05, 0.1) is 35.1 Å². The van der Waals surface area contributed by atoms with Crippen LogP contribution in [0.1, 0.15) is 24.8 Å². The molecule has 2 aromatic heterocycles. The maximum atomic E-state index is 14.7. The number of aryl methyl sites for hydroxylation is 1. The summed E-state index contributed by atoms with van der Waals surface area (Å²) in [7, 11) is 0. The number of halogens is 6. The lowest BCUT2D eigenvalue weighted by Crippen LogP contribution is -2.21. The summed E-state index contributed by atoms with van der Waals surface area (Å²) in [6.45, 7) is -2.67. The molecule has 6 nitrogen and oxygen atoms in total. The Labute approximate surface area is 177 Å². The van der Waals surface area contributed by atoms with Crippen molar-refractivity contribution >= 4 is 16.7 Å². The molecule has 12 heteroatoms. The number of rotatable bonds is 8. The molecule has 0 amide bonds. The number of ether oxygens (including phenoxy) is 1. The van der Waals surface area contributed by atoms with Gasteiger partial charge in [-0.1, -0.05) is 0 Å². The normalized spacial score (nSPS) is 12.1. The maximum absolute atomic E-state index is 14.7. The number of hydrogen-bond acceptors (Lipinski definition) is 5. The van der Waals surface area contributed by atoms with Crippen molar-refractivity contribution in [2.45, 2.75) is 38.6 Å². The Morgan fingerprint density at radius 3 is 2.53 bits per heavy atom. The van der Waals surface area contributed by atoms with E-state index in [0.29, 0.717) is 25.3 Å². The molecule has 0 unspecified atom stereocenters.